The molecule has 3 heteroatoms. The molecule has 98 valence electrons. The molecule has 0 radical (unpaired) electrons. The highest BCUT2D eigenvalue weighted by Gasteiger charge is 2.14. The van der Waals surface area contributed by atoms with Crippen LogP contribution in [-0.2, 0) is 0 Å². The number of likely N-dealkylation sites (N-methyl/N-ethyl adjacent to an activating group) is 1. The van der Waals surface area contributed by atoms with Gasteiger partial charge in [0, 0.05) is 25.2 Å². The van der Waals surface area contributed by atoms with Crippen LogP contribution in [0.2, 0.25) is 0 Å². The molecule has 0 aromatic heterocycles. The Labute approximate surface area is 101 Å². The molecule has 0 heterocycles. The van der Waals surface area contributed by atoms with Crippen LogP contribution in [0.4, 0.5) is 0 Å². The van der Waals surface area contributed by atoms with Gasteiger partial charge in [0.1, 0.15) is 0 Å². The van der Waals surface area contributed by atoms with Crippen LogP contribution in [-0.4, -0.2) is 48.3 Å². The number of aliphatic hydroxyl groups is 1. The SMILES string of the molecule is CCC(C)CN(C)CC(O)CNC(C)(C)C. The minimum absolute atomic E-state index is 0.0796. The molecule has 0 spiro atoms. The first-order chi connectivity index (χ1) is 7.24. The Morgan fingerprint density at radius 3 is 2.25 bits per heavy atom. The normalized spacial score (nSPS) is 16.5. The maximum absolute atomic E-state index is 9.86. The Kier molecular flexibility index (Phi) is 7.20. The fraction of sp³-hybridized carbons (Fsp3) is 1.00. The molecule has 0 saturated heterocycles. The van der Waals surface area contributed by atoms with Gasteiger partial charge in [-0.05, 0) is 33.7 Å². The lowest BCUT2D eigenvalue weighted by Gasteiger charge is -2.26. The lowest BCUT2D eigenvalue weighted by molar-refractivity contribution is 0.110. The second kappa shape index (κ2) is 7.25. The summed E-state index contributed by atoms with van der Waals surface area (Å²) in [6.07, 6.45) is 0.911. The summed E-state index contributed by atoms with van der Waals surface area (Å²) in [5.41, 5.74) is 0.0796. The van der Waals surface area contributed by atoms with Crippen LogP contribution >= 0.6 is 0 Å². The number of β-amino-alcohol motifs (C(OH)–C–C–N with tert-alkyl or cyclic N) is 1. The second-order valence-corrected chi connectivity index (χ2v) is 6.02. The van der Waals surface area contributed by atoms with Crippen LogP contribution in [0, 0.1) is 5.92 Å². The highest BCUT2D eigenvalue weighted by molar-refractivity contribution is 4.74. The predicted octanol–water partition coefficient (Wildman–Crippen LogP) is 1.71. The maximum Gasteiger partial charge on any atom is 0.0791 e. The first kappa shape index (κ1) is 15.9. The summed E-state index contributed by atoms with van der Waals surface area (Å²) in [7, 11) is 2.08. The van der Waals surface area contributed by atoms with Gasteiger partial charge in [0.15, 0.2) is 0 Å². The zero-order valence-corrected chi connectivity index (χ0v) is 11.9. The molecule has 0 aromatic carbocycles. The van der Waals surface area contributed by atoms with Crippen molar-refractivity contribution in [3.63, 3.8) is 0 Å². The van der Waals surface area contributed by atoms with Crippen LogP contribution in [0.1, 0.15) is 41.0 Å². The molecule has 0 aliphatic rings. The first-order valence-electron chi connectivity index (χ1n) is 6.36. The molecule has 0 aliphatic carbocycles. The maximum atomic E-state index is 9.86. The minimum atomic E-state index is -0.284. The summed E-state index contributed by atoms with van der Waals surface area (Å²) in [6.45, 7) is 13.3. The Hall–Kier alpha value is -0.120. The van der Waals surface area contributed by atoms with E-state index in [1.165, 1.54) is 6.42 Å². The number of hydrogen-bond donors (Lipinski definition) is 2. The number of hydrogen-bond acceptors (Lipinski definition) is 3. The number of nitrogens with one attached hydrogen (secondary N) is 1. The van der Waals surface area contributed by atoms with E-state index in [1.807, 2.05) is 0 Å². The Morgan fingerprint density at radius 2 is 1.81 bits per heavy atom. The van der Waals surface area contributed by atoms with Crippen molar-refractivity contribution in [2.45, 2.75) is 52.7 Å². The molecule has 16 heavy (non-hydrogen) atoms. The molecular weight excluding hydrogens is 200 g/mol. The average Bonchev–Trinajstić information content (AvgIpc) is 2.13. The van der Waals surface area contributed by atoms with Crippen LogP contribution < -0.4 is 5.32 Å². The van der Waals surface area contributed by atoms with E-state index < -0.39 is 0 Å². The van der Waals surface area contributed by atoms with Crippen LogP contribution in [0.25, 0.3) is 0 Å². The average molecular weight is 230 g/mol. The summed E-state index contributed by atoms with van der Waals surface area (Å²) in [5.74, 6) is 0.702. The second-order valence-electron chi connectivity index (χ2n) is 6.02. The Balaban J connectivity index is 3.74. The molecule has 0 fully saturated rings. The van der Waals surface area contributed by atoms with Crippen LogP contribution in [0.5, 0.6) is 0 Å². The minimum Gasteiger partial charge on any atom is -0.390 e. The van der Waals surface area contributed by atoms with Gasteiger partial charge in [-0.15, -0.1) is 0 Å². The van der Waals surface area contributed by atoms with E-state index in [-0.39, 0.29) is 11.6 Å². The van der Waals surface area contributed by atoms with Gasteiger partial charge < -0.3 is 15.3 Å². The third-order valence-electron chi connectivity index (χ3n) is 2.71. The monoisotopic (exact) mass is 230 g/mol. The van der Waals surface area contributed by atoms with Gasteiger partial charge in [-0.1, -0.05) is 20.3 Å². The standard InChI is InChI=1S/C13H30N2O/c1-7-11(2)9-15(6)10-12(16)8-14-13(3,4)5/h11-12,14,16H,7-10H2,1-6H3. The van der Waals surface area contributed by atoms with Crippen molar-refractivity contribution >= 4 is 0 Å². The molecule has 2 atom stereocenters. The molecule has 0 rings (SSSR count). The molecule has 0 amide bonds. The topological polar surface area (TPSA) is 35.5 Å². The molecule has 0 saturated carbocycles. The van der Waals surface area contributed by atoms with Gasteiger partial charge in [-0.2, -0.15) is 0 Å². The highest BCUT2D eigenvalue weighted by Crippen LogP contribution is 2.03. The predicted molar refractivity (Wildman–Crippen MR) is 70.7 cm³/mol. The van der Waals surface area contributed by atoms with Crippen molar-refractivity contribution in [2.24, 2.45) is 5.92 Å². The van der Waals surface area contributed by atoms with Gasteiger partial charge in [-0.3, -0.25) is 0 Å². The fourth-order valence-electron chi connectivity index (χ4n) is 1.58. The van der Waals surface area contributed by atoms with E-state index in [2.05, 4.69) is 51.9 Å². The summed E-state index contributed by atoms with van der Waals surface area (Å²) in [5, 5.41) is 13.2. The third-order valence-corrected chi connectivity index (χ3v) is 2.71. The quantitative estimate of drug-likeness (QED) is 0.699. The van der Waals surface area contributed by atoms with Crippen molar-refractivity contribution in [3.8, 4) is 0 Å². The molecule has 2 unspecified atom stereocenters. The van der Waals surface area contributed by atoms with Crippen molar-refractivity contribution in [2.75, 3.05) is 26.7 Å². The summed E-state index contributed by atoms with van der Waals surface area (Å²) in [4.78, 5) is 2.21. The molecule has 0 aliphatic heterocycles. The molecular formula is C13H30N2O. The Bertz CT molecular complexity index is 177. The van der Waals surface area contributed by atoms with Crippen LogP contribution in [0.15, 0.2) is 0 Å². The van der Waals surface area contributed by atoms with Gasteiger partial charge in [0.25, 0.3) is 0 Å². The fourth-order valence-corrected chi connectivity index (χ4v) is 1.58. The van der Waals surface area contributed by atoms with Crippen molar-refractivity contribution < 1.29 is 5.11 Å². The molecule has 3 nitrogen and oxygen atoms in total. The van der Waals surface area contributed by atoms with Gasteiger partial charge in [0.2, 0.25) is 0 Å². The largest absolute Gasteiger partial charge is 0.390 e. The molecule has 2 N–H and O–H groups in total. The van der Waals surface area contributed by atoms with Crippen molar-refractivity contribution in [1.29, 1.82) is 0 Å². The van der Waals surface area contributed by atoms with E-state index in [0.717, 1.165) is 13.1 Å². The number of aliphatic hydroxyl groups excluding tert-OH is 1. The van der Waals surface area contributed by atoms with E-state index in [9.17, 15) is 5.11 Å². The Morgan fingerprint density at radius 1 is 1.25 bits per heavy atom. The first-order valence-corrected chi connectivity index (χ1v) is 6.36. The van der Waals surface area contributed by atoms with Crippen molar-refractivity contribution in [1.82, 2.24) is 10.2 Å². The van der Waals surface area contributed by atoms with E-state index in [0.29, 0.717) is 12.5 Å². The van der Waals surface area contributed by atoms with Crippen molar-refractivity contribution in [3.05, 3.63) is 0 Å². The summed E-state index contributed by atoms with van der Waals surface area (Å²) < 4.78 is 0. The van der Waals surface area contributed by atoms with Gasteiger partial charge >= 0.3 is 0 Å². The van der Waals surface area contributed by atoms with Gasteiger partial charge in [-0.25, -0.2) is 0 Å². The number of rotatable bonds is 7. The summed E-state index contributed by atoms with van der Waals surface area (Å²) >= 11 is 0. The lowest BCUT2D eigenvalue weighted by Crippen LogP contribution is -2.44. The highest BCUT2D eigenvalue weighted by atomic mass is 16.3. The van der Waals surface area contributed by atoms with E-state index in [1.54, 1.807) is 0 Å². The molecule has 0 bridgehead atoms. The zero-order valence-electron chi connectivity index (χ0n) is 11.9. The summed E-state index contributed by atoms with van der Waals surface area (Å²) in [6, 6.07) is 0. The lowest BCUT2D eigenvalue weighted by atomic mass is 10.1. The third kappa shape index (κ3) is 9.13. The van der Waals surface area contributed by atoms with E-state index in [4.69, 9.17) is 0 Å². The smallest absolute Gasteiger partial charge is 0.0791 e. The van der Waals surface area contributed by atoms with Crippen LogP contribution in [0.3, 0.4) is 0 Å². The number of nitrogens with zero attached hydrogens (tertiary/aromatic N) is 1. The zero-order chi connectivity index (χ0) is 12.8. The molecule has 0 aromatic rings. The van der Waals surface area contributed by atoms with E-state index >= 15 is 0 Å². The van der Waals surface area contributed by atoms with Gasteiger partial charge in [0.05, 0.1) is 6.10 Å².